The first-order valence-electron chi connectivity index (χ1n) is 11.8. The second-order valence-corrected chi connectivity index (χ2v) is 10.2. The van der Waals surface area contributed by atoms with Gasteiger partial charge in [-0.05, 0) is 49.8 Å². The lowest BCUT2D eigenvalue weighted by Crippen LogP contribution is -2.68. The number of rotatable bonds is 8. The molecule has 1 atom stereocenters. The number of esters is 1. The Morgan fingerprint density at radius 1 is 1.13 bits per heavy atom. The van der Waals surface area contributed by atoms with E-state index < -0.39 is 40.8 Å². The van der Waals surface area contributed by atoms with Gasteiger partial charge in [-0.1, -0.05) is 5.21 Å². The fourth-order valence-corrected chi connectivity index (χ4v) is 5.56. The van der Waals surface area contributed by atoms with Crippen LogP contribution in [0.1, 0.15) is 60.3 Å². The van der Waals surface area contributed by atoms with Crippen LogP contribution in [0.25, 0.3) is 11.4 Å². The van der Waals surface area contributed by atoms with Crippen LogP contribution in [0, 0.1) is 22.6 Å². The fourth-order valence-electron chi connectivity index (χ4n) is 5.56. The zero-order valence-electron chi connectivity index (χ0n) is 20.4. The van der Waals surface area contributed by atoms with E-state index in [-0.39, 0.29) is 54.7 Å². The molecule has 13 heteroatoms. The standard InChI is InChI=1S/C25H22F5N5O3/c1-13(16-5-15(26)9-32-22(16)27)38-20(37)6-18-21(33-34-35(18)2)17-4-3-14(8-31-17)19(36)7-23-10-24(11-23,12-23)25(28,29)30/h3-5,8-9,13H,6-7,10-12H2,1-2H3/t13-,23?,24?/m1/s1. The summed E-state index contributed by atoms with van der Waals surface area (Å²) in [5.74, 6) is -2.77. The Morgan fingerprint density at radius 2 is 1.84 bits per heavy atom. The summed E-state index contributed by atoms with van der Waals surface area (Å²) in [5.41, 5.74) is -1.24. The Hall–Kier alpha value is -3.77. The van der Waals surface area contributed by atoms with Crippen molar-refractivity contribution < 1.29 is 36.3 Å². The third-order valence-corrected chi connectivity index (χ3v) is 7.44. The maximum absolute atomic E-state index is 13.9. The van der Waals surface area contributed by atoms with Crippen LogP contribution >= 0.6 is 0 Å². The van der Waals surface area contributed by atoms with Gasteiger partial charge >= 0.3 is 12.1 Å². The topological polar surface area (TPSA) is 99.9 Å². The minimum absolute atomic E-state index is 0.0131. The molecule has 3 aromatic rings. The van der Waals surface area contributed by atoms with Crippen molar-refractivity contribution in [3.63, 3.8) is 0 Å². The van der Waals surface area contributed by atoms with Crippen LogP contribution in [-0.4, -0.2) is 42.9 Å². The van der Waals surface area contributed by atoms with E-state index in [4.69, 9.17) is 4.74 Å². The van der Waals surface area contributed by atoms with Gasteiger partial charge in [-0.15, -0.1) is 5.10 Å². The van der Waals surface area contributed by atoms with Crippen molar-refractivity contribution >= 4 is 11.8 Å². The van der Waals surface area contributed by atoms with Gasteiger partial charge in [0.2, 0.25) is 5.95 Å². The zero-order chi connectivity index (χ0) is 27.5. The summed E-state index contributed by atoms with van der Waals surface area (Å²) in [4.78, 5) is 32.8. The number of Topliss-reactive ketones (excluding diaryl/α,β-unsaturated/α-hetero) is 1. The van der Waals surface area contributed by atoms with Crippen LogP contribution in [0.5, 0.6) is 0 Å². The maximum Gasteiger partial charge on any atom is 0.394 e. The number of carbonyl (C=O) groups excluding carboxylic acids is 2. The number of nitrogens with zero attached hydrogens (tertiary/aromatic N) is 5. The van der Waals surface area contributed by atoms with E-state index in [2.05, 4.69) is 20.3 Å². The molecule has 3 aliphatic carbocycles. The van der Waals surface area contributed by atoms with E-state index in [0.29, 0.717) is 17.6 Å². The third-order valence-electron chi connectivity index (χ3n) is 7.44. The number of aryl methyl sites for hydroxylation is 1. The molecule has 0 aliphatic heterocycles. The summed E-state index contributed by atoms with van der Waals surface area (Å²) >= 11 is 0. The third kappa shape index (κ3) is 4.43. The molecule has 3 fully saturated rings. The lowest BCUT2D eigenvalue weighted by molar-refractivity contribution is -0.361. The second kappa shape index (κ2) is 8.91. The first-order valence-corrected chi connectivity index (χ1v) is 11.8. The molecule has 0 aromatic carbocycles. The largest absolute Gasteiger partial charge is 0.457 e. The first kappa shape index (κ1) is 25.9. The molecule has 8 nitrogen and oxygen atoms in total. The van der Waals surface area contributed by atoms with E-state index in [1.54, 1.807) is 7.05 Å². The maximum atomic E-state index is 13.9. The summed E-state index contributed by atoms with van der Waals surface area (Å²) in [5, 5.41) is 7.93. The quantitative estimate of drug-likeness (QED) is 0.178. The van der Waals surface area contributed by atoms with E-state index in [9.17, 15) is 31.5 Å². The molecule has 3 saturated carbocycles. The Morgan fingerprint density at radius 3 is 2.47 bits per heavy atom. The SMILES string of the molecule is C[C@@H](OC(=O)Cc1c(-c2ccc(C(=O)CC34CC(C(F)(F)F)(C3)C4)cn2)nnn1C)c1cc(F)cnc1F. The molecule has 0 radical (unpaired) electrons. The first-order chi connectivity index (χ1) is 17.8. The van der Waals surface area contributed by atoms with Crippen molar-refractivity contribution in [2.45, 2.75) is 51.3 Å². The molecule has 6 rings (SSSR count). The van der Waals surface area contributed by atoms with Gasteiger partial charge in [-0.3, -0.25) is 19.3 Å². The number of pyridine rings is 2. The summed E-state index contributed by atoms with van der Waals surface area (Å²) < 4.78 is 73.1. The van der Waals surface area contributed by atoms with Gasteiger partial charge in [-0.2, -0.15) is 17.6 Å². The Bertz CT molecular complexity index is 1400. The molecule has 3 heterocycles. The number of aromatic nitrogens is 5. The summed E-state index contributed by atoms with van der Waals surface area (Å²) in [6, 6.07) is 3.92. The van der Waals surface area contributed by atoms with Crippen molar-refractivity contribution in [2.75, 3.05) is 0 Å². The van der Waals surface area contributed by atoms with Crippen LogP contribution in [0.3, 0.4) is 0 Å². The average molecular weight is 535 g/mol. The lowest BCUT2D eigenvalue weighted by Gasteiger charge is -2.70. The molecule has 3 aromatic heterocycles. The van der Waals surface area contributed by atoms with Gasteiger partial charge in [-0.25, -0.2) is 9.37 Å². The van der Waals surface area contributed by atoms with E-state index in [1.165, 1.54) is 29.9 Å². The highest BCUT2D eigenvalue weighted by Crippen LogP contribution is 2.79. The Labute approximate surface area is 213 Å². The number of halogens is 5. The van der Waals surface area contributed by atoms with Crippen molar-refractivity contribution in [1.29, 1.82) is 0 Å². The van der Waals surface area contributed by atoms with Crippen LogP contribution in [0.4, 0.5) is 22.0 Å². The number of hydrogen-bond donors (Lipinski definition) is 0. The van der Waals surface area contributed by atoms with Gasteiger partial charge in [0.1, 0.15) is 17.6 Å². The van der Waals surface area contributed by atoms with Crippen LogP contribution in [0.2, 0.25) is 0 Å². The van der Waals surface area contributed by atoms with E-state index in [0.717, 1.165) is 6.07 Å². The number of ketones is 1. The second-order valence-electron chi connectivity index (χ2n) is 10.2. The summed E-state index contributed by atoms with van der Waals surface area (Å²) in [6.07, 6.45) is -3.61. The van der Waals surface area contributed by atoms with Gasteiger partial charge in [0, 0.05) is 25.2 Å². The molecule has 0 amide bonds. The van der Waals surface area contributed by atoms with E-state index in [1.807, 2.05) is 0 Å². The number of carbonyl (C=O) groups is 2. The van der Waals surface area contributed by atoms with Crippen LogP contribution in [-0.2, 0) is 23.0 Å². The fraction of sp³-hybridized carbons (Fsp3) is 0.440. The van der Waals surface area contributed by atoms with Gasteiger partial charge < -0.3 is 4.74 Å². The number of hydrogen-bond acceptors (Lipinski definition) is 7. The molecular weight excluding hydrogens is 513 g/mol. The highest BCUT2D eigenvalue weighted by Gasteiger charge is 2.78. The van der Waals surface area contributed by atoms with Crippen molar-refractivity contribution in [1.82, 2.24) is 25.0 Å². The van der Waals surface area contributed by atoms with Gasteiger partial charge in [0.15, 0.2) is 5.78 Å². The van der Waals surface area contributed by atoms with Crippen LogP contribution < -0.4 is 0 Å². The van der Waals surface area contributed by atoms with Crippen molar-refractivity contribution in [2.24, 2.45) is 17.9 Å². The number of ether oxygens (including phenoxy) is 1. The van der Waals surface area contributed by atoms with Gasteiger partial charge in [0.25, 0.3) is 0 Å². The molecule has 2 bridgehead atoms. The monoisotopic (exact) mass is 535 g/mol. The minimum Gasteiger partial charge on any atom is -0.457 e. The molecule has 0 N–H and O–H groups in total. The normalized spacial score (nSPS) is 22.8. The van der Waals surface area contributed by atoms with Crippen molar-refractivity contribution in [3.05, 3.63) is 59.2 Å². The molecule has 0 spiro atoms. The highest BCUT2D eigenvalue weighted by molar-refractivity contribution is 5.96. The Balaban J connectivity index is 1.23. The van der Waals surface area contributed by atoms with Gasteiger partial charge in [0.05, 0.1) is 35.0 Å². The minimum atomic E-state index is -4.23. The van der Waals surface area contributed by atoms with Crippen LogP contribution in [0.15, 0.2) is 30.6 Å². The summed E-state index contributed by atoms with van der Waals surface area (Å²) in [6.45, 7) is 1.38. The van der Waals surface area contributed by atoms with E-state index >= 15 is 0 Å². The Kier molecular flexibility index (Phi) is 6.07. The average Bonchev–Trinajstić information content (AvgIpc) is 3.15. The lowest BCUT2D eigenvalue weighted by atomic mass is 9.33. The molecular formula is C25H22F5N5O3. The molecule has 38 heavy (non-hydrogen) atoms. The molecule has 200 valence electrons. The molecule has 0 unspecified atom stereocenters. The molecule has 3 aliphatic rings. The highest BCUT2D eigenvalue weighted by atomic mass is 19.4. The summed E-state index contributed by atoms with van der Waals surface area (Å²) in [7, 11) is 1.55. The predicted molar refractivity (Wildman–Crippen MR) is 120 cm³/mol. The zero-order valence-corrected chi connectivity index (χ0v) is 20.4. The molecule has 0 saturated heterocycles. The predicted octanol–water partition coefficient (Wildman–Crippen LogP) is 4.70. The number of alkyl halides is 3. The van der Waals surface area contributed by atoms with Crippen molar-refractivity contribution in [3.8, 4) is 11.4 Å². The smallest absolute Gasteiger partial charge is 0.394 e.